The molecule has 2 aromatic rings. The predicted molar refractivity (Wildman–Crippen MR) is 96.1 cm³/mol. The zero-order valence-corrected chi connectivity index (χ0v) is 15.7. The van der Waals surface area contributed by atoms with Gasteiger partial charge in [0.2, 0.25) is 0 Å². The van der Waals surface area contributed by atoms with Gasteiger partial charge in [-0.3, -0.25) is 4.90 Å². The van der Waals surface area contributed by atoms with Crippen molar-refractivity contribution in [2.24, 2.45) is 0 Å². The number of piperazine rings is 1. The molecule has 2 heterocycles. The van der Waals surface area contributed by atoms with E-state index < -0.39 is 10.0 Å². The van der Waals surface area contributed by atoms with Gasteiger partial charge in [-0.1, -0.05) is 0 Å². The summed E-state index contributed by atoms with van der Waals surface area (Å²) in [6.07, 6.45) is 0. The maximum Gasteiger partial charge on any atom is 0.252 e. The van der Waals surface area contributed by atoms with Crippen LogP contribution in [0.4, 0.5) is 4.39 Å². The van der Waals surface area contributed by atoms with Crippen molar-refractivity contribution in [1.82, 2.24) is 9.21 Å². The van der Waals surface area contributed by atoms with E-state index in [2.05, 4.69) is 4.90 Å². The molecule has 0 radical (unpaired) electrons. The van der Waals surface area contributed by atoms with Gasteiger partial charge in [0.05, 0.1) is 0 Å². The summed E-state index contributed by atoms with van der Waals surface area (Å²) in [6, 6.07) is 9.45. The zero-order valence-electron chi connectivity index (χ0n) is 14.0. The Morgan fingerprint density at radius 2 is 1.76 bits per heavy atom. The molecule has 0 spiro atoms. The molecular formula is C17H21FN2O3S2. The van der Waals surface area contributed by atoms with Gasteiger partial charge < -0.3 is 4.74 Å². The normalized spacial score (nSPS) is 16.9. The van der Waals surface area contributed by atoms with Crippen molar-refractivity contribution < 1.29 is 17.5 Å². The van der Waals surface area contributed by atoms with E-state index in [1.54, 1.807) is 22.5 Å². The summed E-state index contributed by atoms with van der Waals surface area (Å²) in [5.41, 5.74) is 0. The first kappa shape index (κ1) is 18.3. The van der Waals surface area contributed by atoms with E-state index in [0.717, 1.165) is 4.88 Å². The Labute approximate surface area is 151 Å². The molecule has 0 amide bonds. The number of benzene rings is 1. The quantitative estimate of drug-likeness (QED) is 0.768. The largest absolute Gasteiger partial charge is 0.492 e. The lowest BCUT2D eigenvalue weighted by molar-refractivity contribution is 0.159. The van der Waals surface area contributed by atoms with Gasteiger partial charge in [-0.15, -0.1) is 11.3 Å². The van der Waals surface area contributed by atoms with Crippen LogP contribution in [0, 0.1) is 12.7 Å². The molecule has 136 valence electrons. The topological polar surface area (TPSA) is 49.9 Å². The van der Waals surface area contributed by atoms with Crippen LogP contribution in [0.15, 0.2) is 40.6 Å². The maximum atomic E-state index is 12.8. The first-order chi connectivity index (χ1) is 11.9. The van der Waals surface area contributed by atoms with Crippen LogP contribution >= 0.6 is 11.3 Å². The van der Waals surface area contributed by atoms with Gasteiger partial charge in [0.1, 0.15) is 22.4 Å². The van der Waals surface area contributed by atoms with Crippen LogP contribution in [0.25, 0.3) is 0 Å². The van der Waals surface area contributed by atoms with Crippen LogP contribution in [-0.2, 0) is 10.0 Å². The molecule has 8 heteroatoms. The average molecular weight is 384 g/mol. The predicted octanol–water partition coefficient (Wildman–Crippen LogP) is 2.58. The lowest BCUT2D eigenvalue weighted by atomic mass is 10.3. The van der Waals surface area contributed by atoms with Crippen molar-refractivity contribution in [3.05, 3.63) is 47.1 Å². The highest BCUT2D eigenvalue weighted by atomic mass is 32.2. The van der Waals surface area contributed by atoms with Gasteiger partial charge in [-0.2, -0.15) is 4.31 Å². The minimum absolute atomic E-state index is 0.286. The van der Waals surface area contributed by atoms with E-state index >= 15 is 0 Å². The van der Waals surface area contributed by atoms with Gasteiger partial charge in [0.15, 0.2) is 0 Å². The van der Waals surface area contributed by atoms with Crippen molar-refractivity contribution in [2.75, 3.05) is 39.3 Å². The monoisotopic (exact) mass is 384 g/mol. The smallest absolute Gasteiger partial charge is 0.252 e. The van der Waals surface area contributed by atoms with Crippen LogP contribution < -0.4 is 4.74 Å². The summed E-state index contributed by atoms with van der Waals surface area (Å²) in [7, 11) is -3.37. The molecular weight excluding hydrogens is 363 g/mol. The number of halogens is 1. The van der Waals surface area contributed by atoms with Gasteiger partial charge >= 0.3 is 0 Å². The summed E-state index contributed by atoms with van der Waals surface area (Å²) >= 11 is 1.31. The summed E-state index contributed by atoms with van der Waals surface area (Å²) in [5, 5.41) is 0. The minimum Gasteiger partial charge on any atom is -0.492 e. The van der Waals surface area contributed by atoms with Crippen LogP contribution in [0.3, 0.4) is 0 Å². The van der Waals surface area contributed by atoms with Crippen LogP contribution in [0.5, 0.6) is 5.75 Å². The van der Waals surface area contributed by atoms with Gasteiger partial charge in [0.25, 0.3) is 10.0 Å². The molecule has 1 aromatic heterocycles. The van der Waals surface area contributed by atoms with E-state index in [1.165, 1.54) is 23.5 Å². The fourth-order valence-corrected chi connectivity index (χ4v) is 5.55. The van der Waals surface area contributed by atoms with Crippen LogP contribution in [0.1, 0.15) is 4.88 Å². The first-order valence-electron chi connectivity index (χ1n) is 8.12. The molecule has 0 aliphatic carbocycles. The molecule has 1 aliphatic rings. The number of rotatable bonds is 6. The number of sulfonamides is 1. The Kier molecular flexibility index (Phi) is 5.73. The minimum atomic E-state index is -3.37. The molecule has 25 heavy (non-hydrogen) atoms. The molecule has 0 N–H and O–H groups in total. The number of ether oxygens (including phenoxy) is 1. The standard InChI is InChI=1S/C17H21FN2O3S2/c1-14-2-7-17(24-14)25(21,22)20-10-8-19(9-11-20)12-13-23-16-5-3-15(18)4-6-16/h2-7H,8-13H2,1H3. The molecule has 3 rings (SSSR count). The molecule has 1 aromatic carbocycles. The number of nitrogens with zero attached hydrogens (tertiary/aromatic N) is 2. The Balaban J connectivity index is 1.46. The highest BCUT2D eigenvalue weighted by Crippen LogP contribution is 2.25. The number of hydrogen-bond donors (Lipinski definition) is 0. The third-order valence-corrected chi connectivity index (χ3v) is 7.50. The van der Waals surface area contributed by atoms with Crippen molar-refractivity contribution >= 4 is 21.4 Å². The Bertz CT molecular complexity index is 798. The SMILES string of the molecule is Cc1ccc(S(=O)(=O)N2CCN(CCOc3ccc(F)cc3)CC2)s1. The van der Waals surface area contributed by atoms with E-state index in [0.29, 0.717) is 49.3 Å². The van der Waals surface area contributed by atoms with Crippen LogP contribution in [-0.4, -0.2) is 57.0 Å². The first-order valence-corrected chi connectivity index (χ1v) is 10.4. The number of aryl methyl sites for hydroxylation is 1. The second-order valence-corrected chi connectivity index (χ2v) is 9.37. The van der Waals surface area contributed by atoms with Crippen molar-refractivity contribution in [2.45, 2.75) is 11.1 Å². The molecule has 5 nitrogen and oxygen atoms in total. The third kappa shape index (κ3) is 4.58. The van der Waals surface area contributed by atoms with Crippen molar-refractivity contribution in [3.8, 4) is 5.75 Å². The lowest BCUT2D eigenvalue weighted by Crippen LogP contribution is -2.49. The molecule has 1 saturated heterocycles. The summed E-state index contributed by atoms with van der Waals surface area (Å²) in [5.74, 6) is 0.348. The van der Waals surface area contributed by atoms with Gasteiger partial charge in [0, 0.05) is 37.6 Å². The van der Waals surface area contributed by atoms with Crippen molar-refractivity contribution in [3.63, 3.8) is 0 Å². The molecule has 0 saturated carbocycles. The average Bonchev–Trinajstić information content (AvgIpc) is 3.04. The fraction of sp³-hybridized carbons (Fsp3) is 0.412. The molecule has 0 atom stereocenters. The molecule has 1 aliphatic heterocycles. The van der Waals surface area contributed by atoms with Crippen LogP contribution in [0.2, 0.25) is 0 Å². The summed E-state index contributed by atoms with van der Waals surface area (Å²) in [6.45, 7) is 5.42. The summed E-state index contributed by atoms with van der Waals surface area (Å²) < 4.78 is 45.6. The maximum absolute atomic E-state index is 12.8. The molecule has 0 bridgehead atoms. The third-order valence-electron chi connectivity index (χ3n) is 4.13. The molecule has 0 unspecified atom stereocenters. The Morgan fingerprint density at radius 3 is 2.36 bits per heavy atom. The second kappa shape index (κ2) is 7.82. The van der Waals surface area contributed by atoms with E-state index in [1.807, 2.05) is 13.0 Å². The lowest BCUT2D eigenvalue weighted by Gasteiger charge is -2.33. The summed E-state index contributed by atoms with van der Waals surface area (Å²) in [4.78, 5) is 3.17. The highest BCUT2D eigenvalue weighted by Gasteiger charge is 2.29. The van der Waals surface area contributed by atoms with Crippen molar-refractivity contribution in [1.29, 1.82) is 0 Å². The Morgan fingerprint density at radius 1 is 1.08 bits per heavy atom. The highest BCUT2D eigenvalue weighted by molar-refractivity contribution is 7.91. The second-order valence-electron chi connectivity index (χ2n) is 5.91. The van der Waals surface area contributed by atoms with Gasteiger partial charge in [-0.25, -0.2) is 12.8 Å². The number of hydrogen-bond acceptors (Lipinski definition) is 5. The van der Waals surface area contributed by atoms with E-state index in [4.69, 9.17) is 4.74 Å². The fourth-order valence-electron chi connectivity index (χ4n) is 2.69. The Hall–Kier alpha value is -1.48. The molecule has 1 fully saturated rings. The zero-order chi connectivity index (χ0) is 17.9. The number of thiophene rings is 1. The van der Waals surface area contributed by atoms with Gasteiger partial charge in [-0.05, 0) is 43.3 Å². The van der Waals surface area contributed by atoms with E-state index in [-0.39, 0.29) is 5.82 Å². The van der Waals surface area contributed by atoms with E-state index in [9.17, 15) is 12.8 Å².